The van der Waals surface area contributed by atoms with E-state index in [0.29, 0.717) is 13.0 Å². The highest BCUT2D eigenvalue weighted by atomic mass is 16.3. The number of nitrogens with two attached hydrogens (primary N) is 1. The molecule has 1 atom stereocenters. The van der Waals surface area contributed by atoms with Crippen molar-refractivity contribution in [2.75, 3.05) is 13.2 Å². The average Bonchev–Trinajstić information content (AvgIpc) is 2.36. The van der Waals surface area contributed by atoms with Crippen molar-refractivity contribution in [3.8, 4) is 0 Å². The summed E-state index contributed by atoms with van der Waals surface area (Å²) in [6.45, 7) is 4.62. The van der Waals surface area contributed by atoms with Crippen LogP contribution in [0.3, 0.4) is 0 Å². The lowest BCUT2D eigenvalue weighted by atomic mass is 9.89. The molecule has 1 rings (SSSR count). The average molecular weight is 250 g/mol. The predicted molar refractivity (Wildman–Crippen MR) is 71.9 cm³/mol. The standard InChI is InChI=1S/C14H22N2O2/c1-14(2,8-9-17)10-16-13(18)12(15)11-6-4-3-5-7-11/h3-7,12,17H,8-10,15H2,1-2H3,(H,16,18)/t12-/m0/s1. The van der Waals surface area contributed by atoms with E-state index in [4.69, 9.17) is 10.8 Å². The molecule has 0 aliphatic carbocycles. The molecule has 4 N–H and O–H groups in total. The van der Waals surface area contributed by atoms with Gasteiger partial charge in [-0.25, -0.2) is 0 Å². The van der Waals surface area contributed by atoms with Gasteiger partial charge in [-0.2, -0.15) is 0 Å². The maximum Gasteiger partial charge on any atom is 0.241 e. The Balaban J connectivity index is 2.51. The number of hydrogen-bond acceptors (Lipinski definition) is 3. The number of aliphatic hydroxyl groups is 1. The summed E-state index contributed by atoms with van der Waals surface area (Å²) in [4.78, 5) is 11.9. The Bertz CT molecular complexity index is 377. The fourth-order valence-corrected chi connectivity index (χ4v) is 1.64. The zero-order chi connectivity index (χ0) is 13.6. The Hall–Kier alpha value is -1.39. The molecule has 1 aromatic carbocycles. The lowest BCUT2D eigenvalue weighted by Gasteiger charge is -2.24. The van der Waals surface area contributed by atoms with Gasteiger partial charge in [0.1, 0.15) is 6.04 Å². The number of aliphatic hydroxyl groups excluding tert-OH is 1. The van der Waals surface area contributed by atoms with Gasteiger partial charge in [0.2, 0.25) is 5.91 Å². The maximum atomic E-state index is 11.9. The highest BCUT2D eigenvalue weighted by molar-refractivity contribution is 5.82. The van der Waals surface area contributed by atoms with Gasteiger partial charge >= 0.3 is 0 Å². The third kappa shape index (κ3) is 4.47. The molecule has 0 bridgehead atoms. The van der Waals surface area contributed by atoms with Gasteiger partial charge in [0, 0.05) is 13.2 Å². The summed E-state index contributed by atoms with van der Waals surface area (Å²) in [5.41, 5.74) is 6.56. The third-order valence-electron chi connectivity index (χ3n) is 2.97. The van der Waals surface area contributed by atoms with Crippen LogP contribution in [0, 0.1) is 5.41 Å². The van der Waals surface area contributed by atoms with E-state index in [9.17, 15) is 4.79 Å². The van der Waals surface area contributed by atoms with Crippen LogP contribution in [0.4, 0.5) is 0 Å². The molecule has 0 spiro atoms. The van der Waals surface area contributed by atoms with Gasteiger partial charge in [-0.05, 0) is 17.4 Å². The van der Waals surface area contributed by atoms with E-state index in [1.54, 1.807) is 0 Å². The molecule has 0 aliphatic heterocycles. The summed E-state index contributed by atoms with van der Waals surface area (Å²) < 4.78 is 0. The molecule has 0 heterocycles. The number of rotatable bonds is 6. The van der Waals surface area contributed by atoms with Crippen LogP contribution in [0.5, 0.6) is 0 Å². The molecule has 18 heavy (non-hydrogen) atoms. The molecule has 4 heteroatoms. The fourth-order valence-electron chi connectivity index (χ4n) is 1.64. The van der Waals surface area contributed by atoms with E-state index in [1.807, 2.05) is 44.2 Å². The number of hydrogen-bond donors (Lipinski definition) is 3. The van der Waals surface area contributed by atoms with Crippen molar-refractivity contribution < 1.29 is 9.90 Å². The monoisotopic (exact) mass is 250 g/mol. The Morgan fingerprint density at radius 2 is 2.00 bits per heavy atom. The summed E-state index contributed by atoms with van der Waals surface area (Å²) in [6, 6.07) is 8.64. The van der Waals surface area contributed by atoms with Gasteiger partial charge in [0.15, 0.2) is 0 Å². The minimum Gasteiger partial charge on any atom is -0.396 e. The van der Waals surface area contributed by atoms with Crippen molar-refractivity contribution in [2.24, 2.45) is 11.1 Å². The Labute approximate surface area is 108 Å². The zero-order valence-electron chi connectivity index (χ0n) is 11.0. The number of benzene rings is 1. The lowest BCUT2D eigenvalue weighted by molar-refractivity contribution is -0.123. The normalized spacial score (nSPS) is 13.1. The number of carbonyl (C=O) groups excluding carboxylic acids is 1. The second-order valence-corrected chi connectivity index (χ2v) is 5.24. The van der Waals surface area contributed by atoms with Crippen LogP contribution in [-0.2, 0) is 4.79 Å². The van der Waals surface area contributed by atoms with Gasteiger partial charge in [-0.15, -0.1) is 0 Å². The van der Waals surface area contributed by atoms with Crippen molar-refractivity contribution in [1.82, 2.24) is 5.32 Å². The van der Waals surface area contributed by atoms with Crippen LogP contribution in [-0.4, -0.2) is 24.2 Å². The van der Waals surface area contributed by atoms with Crippen LogP contribution >= 0.6 is 0 Å². The van der Waals surface area contributed by atoms with Gasteiger partial charge in [0.05, 0.1) is 0 Å². The molecule has 0 saturated carbocycles. The van der Waals surface area contributed by atoms with E-state index in [0.717, 1.165) is 5.56 Å². The van der Waals surface area contributed by atoms with Crippen LogP contribution in [0.15, 0.2) is 30.3 Å². The summed E-state index contributed by atoms with van der Waals surface area (Å²) in [7, 11) is 0. The topological polar surface area (TPSA) is 75.3 Å². The summed E-state index contributed by atoms with van der Waals surface area (Å²) >= 11 is 0. The van der Waals surface area contributed by atoms with E-state index in [2.05, 4.69) is 5.32 Å². The van der Waals surface area contributed by atoms with Gasteiger partial charge in [-0.1, -0.05) is 44.2 Å². The Kier molecular flexibility index (Phi) is 5.31. The van der Waals surface area contributed by atoms with E-state index in [1.165, 1.54) is 0 Å². The van der Waals surface area contributed by atoms with E-state index >= 15 is 0 Å². The number of nitrogens with one attached hydrogen (secondary N) is 1. The SMILES string of the molecule is CC(C)(CCO)CNC(=O)[C@@H](N)c1ccccc1. The summed E-state index contributed by atoms with van der Waals surface area (Å²) in [5, 5.41) is 11.7. The lowest BCUT2D eigenvalue weighted by Crippen LogP contribution is -2.39. The van der Waals surface area contributed by atoms with Gasteiger partial charge < -0.3 is 16.2 Å². The van der Waals surface area contributed by atoms with Crippen molar-refractivity contribution in [2.45, 2.75) is 26.3 Å². The second kappa shape index (κ2) is 6.52. The first-order chi connectivity index (χ1) is 8.46. The zero-order valence-corrected chi connectivity index (χ0v) is 11.0. The van der Waals surface area contributed by atoms with E-state index in [-0.39, 0.29) is 17.9 Å². The molecule has 4 nitrogen and oxygen atoms in total. The fraction of sp³-hybridized carbons (Fsp3) is 0.500. The Morgan fingerprint density at radius 1 is 1.39 bits per heavy atom. The summed E-state index contributed by atoms with van der Waals surface area (Å²) in [5.74, 6) is -0.188. The smallest absolute Gasteiger partial charge is 0.241 e. The van der Waals surface area contributed by atoms with Crippen LogP contribution < -0.4 is 11.1 Å². The first kappa shape index (κ1) is 14.7. The number of carbonyl (C=O) groups is 1. The predicted octanol–water partition coefficient (Wildman–Crippen LogP) is 1.21. The van der Waals surface area contributed by atoms with Crippen molar-refractivity contribution in [3.63, 3.8) is 0 Å². The van der Waals surface area contributed by atoms with Crippen LogP contribution in [0.1, 0.15) is 31.9 Å². The highest BCUT2D eigenvalue weighted by Gasteiger charge is 2.21. The molecule has 0 radical (unpaired) electrons. The molecular formula is C14H22N2O2. The van der Waals surface area contributed by atoms with Crippen molar-refractivity contribution in [1.29, 1.82) is 0 Å². The molecule has 100 valence electrons. The van der Waals surface area contributed by atoms with Gasteiger partial charge in [0.25, 0.3) is 0 Å². The minimum absolute atomic E-state index is 0.119. The Morgan fingerprint density at radius 3 is 2.56 bits per heavy atom. The molecule has 0 aliphatic rings. The summed E-state index contributed by atoms with van der Waals surface area (Å²) in [6.07, 6.45) is 0.647. The largest absolute Gasteiger partial charge is 0.396 e. The van der Waals surface area contributed by atoms with Crippen LogP contribution in [0.2, 0.25) is 0 Å². The molecular weight excluding hydrogens is 228 g/mol. The minimum atomic E-state index is -0.642. The highest BCUT2D eigenvalue weighted by Crippen LogP contribution is 2.18. The first-order valence-corrected chi connectivity index (χ1v) is 6.15. The van der Waals surface area contributed by atoms with Crippen molar-refractivity contribution >= 4 is 5.91 Å². The molecule has 1 aromatic rings. The first-order valence-electron chi connectivity index (χ1n) is 6.15. The molecule has 0 unspecified atom stereocenters. The molecule has 0 aromatic heterocycles. The second-order valence-electron chi connectivity index (χ2n) is 5.24. The van der Waals surface area contributed by atoms with Gasteiger partial charge in [-0.3, -0.25) is 4.79 Å². The van der Waals surface area contributed by atoms with Crippen molar-refractivity contribution in [3.05, 3.63) is 35.9 Å². The molecule has 0 saturated heterocycles. The van der Waals surface area contributed by atoms with Crippen LogP contribution in [0.25, 0.3) is 0 Å². The van der Waals surface area contributed by atoms with E-state index < -0.39 is 6.04 Å². The quantitative estimate of drug-likeness (QED) is 0.710. The maximum absolute atomic E-state index is 11.9. The number of amides is 1. The molecule has 1 amide bonds. The molecule has 0 fully saturated rings. The third-order valence-corrected chi connectivity index (χ3v) is 2.97.